The zero-order valence-corrected chi connectivity index (χ0v) is 11.8. The molecular formula is C13H19N5O2. The first-order valence-corrected chi connectivity index (χ1v) is 6.94. The topological polar surface area (TPSA) is 80.1 Å². The molecule has 7 nitrogen and oxygen atoms in total. The summed E-state index contributed by atoms with van der Waals surface area (Å²) in [5.74, 6) is 0.937. The van der Waals surface area contributed by atoms with Crippen molar-refractivity contribution in [3.63, 3.8) is 0 Å². The second kappa shape index (κ2) is 4.57. The second-order valence-electron chi connectivity index (χ2n) is 5.80. The van der Waals surface area contributed by atoms with Gasteiger partial charge in [0.05, 0.1) is 6.54 Å². The molecule has 1 N–H and O–H groups in total. The zero-order valence-electron chi connectivity index (χ0n) is 11.8. The Hall–Kier alpha value is -1.92. The van der Waals surface area contributed by atoms with E-state index in [1.165, 1.54) is 6.33 Å². The van der Waals surface area contributed by atoms with Crippen molar-refractivity contribution in [2.24, 2.45) is 13.0 Å². The molecule has 1 saturated carbocycles. The van der Waals surface area contributed by atoms with Crippen molar-refractivity contribution in [3.05, 3.63) is 12.2 Å². The van der Waals surface area contributed by atoms with Gasteiger partial charge in [0.2, 0.25) is 11.8 Å². The van der Waals surface area contributed by atoms with Crippen molar-refractivity contribution < 1.29 is 9.59 Å². The van der Waals surface area contributed by atoms with E-state index in [9.17, 15) is 9.59 Å². The highest BCUT2D eigenvalue weighted by Gasteiger charge is 2.51. The van der Waals surface area contributed by atoms with Crippen LogP contribution < -0.4 is 5.32 Å². The number of aryl methyl sites for hydroxylation is 1. The Morgan fingerprint density at radius 2 is 2.20 bits per heavy atom. The maximum absolute atomic E-state index is 12.8. The van der Waals surface area contributed by atoms with E-state index in [4.69, 9.17) is 0 Å². The maximum atomic E-state index is 12.8. The molecule has 108 valence electrons. The molecule has 0 aromatic carbocycles. The number of amides is 2. The SMILES string of the molecule is Cn1ncnc1CN1CCC(=O)NC(C)(C2CC2)C1=O. The van der Waals surface area contributed by atoms with Gasteiger partial charge in [-0.25, -0.2) is 4.98 Å². The Morgan fingerprint density at radius 3 is 2.80 bits per heavy atom. The highest BCUT2D eigenvalue weighted by Crippen LogP contribution is 2.41. The van der Waals surface area contributed by atoms with Crippen molar-refractivity contribution in [3.8, 4) is 0 Å². The van der Waals surface area contributed by atoms with Crippen LogP contribution in [0.2, 0.25) is 0 Å². The van der Waals surface area contributed by atoms with Crippen LogP contribution in [-0.2, 0) is 23.2 Å². The van der Waals surface area contributed by atoms with E-state index in [1.807, 2.05) is 6.92 Å². The summed E-state index contributed by atoms with van der Waals surface area (Å²) >= 11 is 0. The van der Waals surface area contributed by atoms with Gasteiger partial charge in [0.25, 0.3) is 0 Å². The van der Waals surface area contributed by atoms with Crippen LogP contribution in [0.5, 0.6) is 0 Å². The molecule has 0 bridgehead atoms. The zero-order chi connectivity index (χ0) is 14.3. The van der Waals surface area contributed by atoms with E-state index in [1.54, 1.807) is 16.6 Å². The molecule has 2 aliphatic rings. The van der Waals surface area contributed by atoms with Crippen LogP contribution in [-0.4, -0.2) is 43.6 Å². The molecular weight excluding hydrogens is 258 g/mol. The first-order chi connectivity index (χ1) is 9.50. The van der Waals surface area contributed by atoms with E-state index >= 15 is 0 Å². The average molecular weight is 277 g/mol. The van der Waals surface area contributed by atoms with Gasteiger partial charge in [0, 0.05) is 20.0 Å². The summed E-state index contributed by atoms with van der Waals surface area (Å²) in [5.41, 5.74) is -0.758. The van der Waals surface area contributed by atoms with Gasteiger partial charge < -0.3 is 10.2 Å². The summed E-state index contributed by atoms with van der Waals surface area (Å²) in [6.45, 7) is 2.67. The third kappa shape index (κ3) is 2.17. The number of carbonyl (C=O) groups is 2. The lowest BCUT2D eigenvalue weighted by Crippen LogP contribution is -2.56. The lowest BCUT2D eigenvalue weighted by atomic mass is 9.94. The molecule has 1 atom stereocenters. The van der Waals surface area contributed by atoms with Crippen LogP contribution in [0.1, 0.15) is 32.0 Å². The molecule has 1 aliphatic heterocycles. The smallest absolute Gasteiger partial charge is 0.248 e. The maximum Gasteiger partial charge on any atom is 0.248 e. The van der Waals surface area contributed by atoms with Gasteiger partial charge in [0.15, 0.2) is 0 Å². The number of hydrogen-bond acceptors (Lipinski definition) is 4. The molecule has 1 saturated heterocycles. The highest BCUT2D eigenvalue weighted by atomic mass is 16.2. The van der Waals surface area contributed by atoms with Crippen molar-refractivity contribution in [1.82, 2.24) is 25.0 Å². The van der Waals surface area contributed by atoms with Crippen LogP contribution in [0, 0.1) is 5.92 Å². The van der Waals surface area contributed by atoms with Crippen LogP contribution in [0.25, 0.3) is 0 Å². The fraction of sp³-hybridized carbons (Fsp3) is 0.692. The molecule has 1 aromatic rings. The van der Waals surface area contributed by atoms with E-state index in [2.05, 4.69) is 15.4 Å². The van der Waals surface area contributed by atoms with Crippen LogP contribution in [0.15, 0.2) is 6.33 Å². The van der Waals surface area contributed by atoms with Gasteiger partial charge in [-0.1, -0.05) is 0 Å². The molecule has 2 amide bonds. The predicted molar refractivity (Wildman–Crippen MR) is 70.3 cm³/mol. The Bertz CT molecular complexity index is 551. The number of nitrogens with zero attached hydrogens (tertiary/aromatic N) is 4. The molecule has 20 heavy (non-hydrogen) atoms. The third-order valence-corrected chi connectivity index (χ3v) is 4.27. The number of rotatable bonds is 3. The molecule has 2 heterocycles. The fourth-order valence-electron chi connectivity index (χ4n) is 2.79. The average Bonchev–Trinajstić information content (AvgIpc) is 3.19. The van der Waals surface area contributed by atoms with Crippen LogP contribution in [0.3, 0.4) is 0 Å². The first-order valence-electron chi connectivity index (χ1n) is 6.94. The van der Waals surface area contributed by atoms with Crippen molar-refractivity contribution in [2.75, 3.05) is 6.54 Å². The number of nitrogens with one attached hydrogen (secondary N) is 1. The molecule has 2 fully saturated rings. The lowest BCUT2D eigenvalue weighted by molar-refractivity contribution is -0.139. The summed E-state index contributed by atoms with van der Waals surface area (Å²) < 4.78 is 1.65. The molecule has 7 heteroatoms. The minimum absolute atomic E-state index is 0.00569. The minimum Gasteiger partial charge on any atom is -0.342 e. The molecule has 1 aliphatic carbocycles. The van der Waals surface area contributed by atoms with Crippen molar-refractivity contribution in [1.29, 1.82) is 0 Å². The Kier molecular flexibility index (Phi) is 2.99. The van der Waals surface area contributed by atoms with Crippen LogP contribution >= 0.6 is 0 Å². The van der Waals surface area contributed by atoms with Crippen molar-refractivity contribution in [2.45, 2.75) is 38.3 Å². The molecule has 3 rings (SSSR count). The van der Waals surface area contributed by atoms with Gasteiger partial charge in [-0.15, -0.1) is 0 Å². The van der Waals surface area contributed by atoms with Gasteiger partial charge >= 0.3 is 0 Å². The normalized spacial score (nSPS) is 27.4. The summed E-state index contributed by atoms with van der Waals surface area (Å²) in [6.07, 6.45) is 3.81. The Morgan fingerprint density at radius 1 is 1.45 bits per heavy atom. The van der Waals surface area contributed by atoms with E-state index in [0.717, 1.165) is 18.7 Å². The summed E-state index contributed by atoms with van der Waals surface area (Å²) in [4.78, 5) is 30.5. The van der Waals surface area contributed by atoms with E-state index in [-0.39, 0.29) is 17.7 Å². The monoisotopic (exact) mass is 277 g/mol. The molecule has 0 spiro atoms. The standard InChI is InChI=1S/C13H19N5O2/c1-13(9-3-4-9)12(20)18(6-5-11(19)16-13)7-10-14-8-15-17(10)2/h8-9H,3-7H2,1-2H3,(H,16,19). The van der Waals surface area contributed by atoms with Crippen LogP contribution in [0.4, 0.5) is 0 Å². The Labute approximate surface area is 117 Å². The number of aromatic nitrogens is 3. The van der Waals surface area contributed by atoms with Gasteiger partial charge in [-0.3, -0.25) is 14.3 Å². The number of carbonyl (C=O) groups excluding carboxylic acids is 2. The molecule has 1 aromatic heterocycles. The highest BCUT2D eigenvalue weighted by molar-refractivity contribution is 5.93. The minimum atomic E-state index is -0.758. The summed E-state index contributed by atoms with van der Waals surface area (Å²) in [7, 11) is 1.80. The Balaban J connectivity index is 1.84. The van der Waals surface area contributed by atoms with Gasteiger partial charge in [0.1, 0.15) is 17.7 Å². The fourth-order valence-corrected chi connectivity index (χ4v) is 2.79. The predicted octanol–water partition coefficient (Wildman–Crippen LogP) is -0.168. The third-order valence-electron chi connectivity index (χ3n) is 4.27. The second-order valence-corrected chi connectivity index (χ2v) is 5.80. The largest absolute Gasteiger partial charge is 0.342 e. The van der Waals surface area contributed by atoms with E-state index in [0.29, 0.717) is 19.5 Å². The van der Waals surface area contributed by atoms with E-state index < -0.39 is 5.54 Å². The summed E-state index contributed by atoms with van der Waals surface area (Å²) in [5, 5.41) is 6.93. The number of hydrogen-bond donors (Lipinski definition) is 1. The van der Waals surface area contributed by atoms with Gasteiger partial charge in [-0.2, -0.15) is 5.10 Å². The molecule has 0 radical (unpaired) electrons. The summed E-state index contributed by atoms with van der Waals surface area (Å²) in [6, 6.07) is 0. The molecule has 1 unspecified atom stereocenters. The van der Waals surface area contributed by atoms with Gasteiger partial charge in [-0.05, 0) is 25.7 Å². The van der Waals surface area contributed by atoms with Crippen molar-refractivity contribution >= 4 is 11.8 Å². The quantitative estimate of drug-likeness (QED) is 0.832. The lowest BCUT2D eigenvalue weighted by Gasteiger charge is -2.32. The first kappa shape index (κ1) is 13.1.